The number of hydrogen-bond donors (Lipinski definition) is 3. The summed E-state index contributed by atoms with van der Waals surface area (Å²) in [5.41, 5.74) is 0. The first kappa shape index (κ1) is 16.4. The van der Waals surface area contributed by atoms with Crippen molar-refractivity contribution in [3.63, 3.8) is 0 Å². The number of morpholine rings is 1. The summed E-state index contributed by atoms with van der Waals surface area (Å²) in [5, 5.41) is 14.1. The van der Waals surface area contributed by atoms with E-state index in [-0.39, 0.29) is 12.5 Å². The third-order valence-electron chi connectivity index (χ3n) is 3.00. The number of aliphatic carboxylic acids is 1. The quantitative estimate of drug-likeness (QED) is 0.544. The molecule has 2 amide bonds. The van der Waals surface area contributed by atoms with Gasteiger partial charge in [0.1, 0.15) is 6.04 Å². The molecule has 0 spiro atoms. The van der Waals surface area contributed by atoms with Crippen LogP contribution in [0.3, 0.4) is 0 Å². The van der Waals surface area contributed by atoms with Crippen molar-refractivity contribution in [2.24, 2.45) is 0 Å². The maximum Gasteiger partial charge on any atom is 0.327 e. The highest BCUT2D eigenvalue weighted by molar-refractivity contribution is 5.83. The topological polar surface area (TPSA) is 108 Å². The Balaban J connectivity index is 2.43. The van der Waals surface area contributed by atoms with Gasteiger partial charge in [0.15, 0.2) is 0 Å². The van der Waals surface area contributed by atoms with Gasteiger partial charge in [-0.25, -0.2) is 4.79 Å². The Morgan fingerprint density at radius 2 is 1.90 bits per heavy atom. The Kier molecular flexibility index (Phi) is 6.40. The number of carbonyl (C=O) groups is 3. The zero-order valence-corrected chi connectivity index (χ0v) is 11.7. The maximum absolute atomic E-state index is 12.1. The maximum atomic E-state index is 12.1. The zero-order chi connectivity index (χ0) is 15.1. The van der Waals surface area contributed by atoms with Crippen LogP contribution in [0.25, 0.3) is 0 Å². The SMILES string of the molecule is CC(=O)NC(CNC(C)C(=O)N1CCOCC1)C(=O)O. The van der Waals surface area contributed by atoms with Crippen LogP contribution >= 0.6 is 0 Å². The fourth-order valence-electron chi connectivity index (χ4n) is 1.88. The summed E-state index contributed by atoms with van der Waals surface area (Å²) >= 11 is 0. The van der Waals surface area contributed by atoms with Gasteiger partial charge >= 0.3 is 5.97 Å². The monoisotopic (exact) mass is 287 g/mol. The van der Waals surface area contributed by atoms with Crippen LogP contribution in [0.4, 0.5) is 0 Å². The molecule has 0 aliphatic carbocycles. The summed E-state index contributed by atoms with van der Waals surface area (Å²) in [7, 11) is 0. The molecule has 8 nitrogen and oxygen atoms in total. The fraction of sp³-hybridized carbons (Fsp3) is 0.750. The molecule has 8 heteroatoms. The molecule has 2 atom stereocenters. The minimum atomic E-state index is -1.14. The van der Waals surface area contributed by atoms with Crippen LogP contribution < -0.4 is 10.6 Å². The second-order valence-corrected chi connectivity index (χ2v) is 4.66. The van der Waals surface area contributed by atoms with Crippen molar-refractivity contribution in [1.82, 2.24) is 15.5 Å². The third kappa shape index (κ3) is 5.14. The molecule has 2 unspecified atom stereocenters. The fourth-order valence-corrected chi connectivity index (χ4v) is 1.88. The van der Waals surface area contributed by atoms with E-state index in [1.54, 1.807) is 11.8 Å². The highest BCUT2D eigenvalue weighted by Gasteiger charge is 2.24. The van der Waals surface area contributed by atoms with E-state index < -0.39 is 24.0 Å². The van der Waals surface area contributed by atoms with Crippen molar-refractivity contribution in [3.8, 4) is 0 Å². The second kappa shape index (κ2) is 7.81. The molecule has 114 valence electrons. The number of carboxylic acids is 1. The standard InChI is InChI=1S/C12H21N3O5/c1-8(11(17)15-3-5-20-6-4-15)13-7-10(12(18)19)14-9(2)16/h8,10,13H,3-7H2,1-2H3,(H,14,16)(H,18,19). The molecule has 1 aliphatic heterocycles. The summed E-state index contributed by atoms with van der Waals surface area (Å²) in [5.74, 6) is -1.66. The number of rotatable bonds is 6. The highest BCUT2D eigenvalue weighted by atomic mass is 16.5. The third-order valence-corrected chi connectivity index (χ3v) is 3.00. The predicted octanol–water partition coefficient (Wildman–Crippen LogP) is -1.59. The molecule has 0 bridgehead atoms. The Labute approximate surface area is 117 Å². The zero-order valence-electron chi connectivity index (χ0n) is 11.7. The lowest BCUT2D eigenvalue weighted by atomic mass is 10.2. The number of nitrogens with zero attached hydrogens (tertiary/aromatic N) is 1. The predicted molar refractivity (Wildman–Crippen MR) is 70.1 cm³/mol. The minimum Gasteiger partial charge on any atom is -0.480 e. The normalized spacial score (nSPS) is 18.2. The molecule has 0 aromatic heterocycles. The van der Waals surface area contributed by atoms with Gasteiger partial charge in [-0.3, -0.25) is 9.59 Å². The van der Waals surface area contributed by atoms with Crippen molar-refractivity contribution in [1.29, 1.82) is 0 Å². The van der Waals surface area contributed by atoms with Gasteiger partial charge in [0.05, 0.1) is 19.3 Å². The molecule has 0 aromatic carbocycles. The van der Waals surface area contributed by atoms with E-state index in [0.29, 0.717) is 26.3 Å². The number of carbonyl (C=O) groups excluding carboxylic acids is 2. The van der Waals surface area contributed by atoms with Gasteiger partial charge in [0, 0.05) is 26.6 Å². The molecule has 1 rings (SSSR count). The number of ether oxygens (including phenoxy) is 1. The van der Waals surface area contributed by atoms with Gasteiger partial charge in [-0.15, -0.1) is 0 Å². The van der Waals surface area contributed by atoms with E-state index in [2.05, 4.69) is 10.6 Å². The van der Waals surface area contributed by atoms with Crippen molar-refractivity contribution in [3.05, 3.63) is 0 Å². The van der Waals surface area contributed by atoms with Crippen LogP contribution in [0, 0.1) is 0 Å². The van der Waals surface area contributed by atoms with Crippen molar-refractivity contribution in [2.75, 3.05) is 32.8 Å². The smallest absolute Gasteiger partial charge is 0.327 e. The molecule has 1 heterocycles. The first-order valence-electron chi connectivity index (χ1n) is 6.51. The van der Waals surface area contributed by atoms with E-state index in [9.17, 15) is 14.4 Å². The number of nitrogens with one attached hydrogen (secondary N) is 2. The lowest BCUT2D eigenvalue weighted by Crippen LogP contribution is -2.53. The van der Waals surface area contributed by atoms with Gasteiger partial charge in [0.25, 0.3) is 0 Å². The van der Waals surface area contributed by atoms with Crippen LogP contribution in [-0.4, -0.2) is 72.7 Å². The highest BCUT2D eigenvalue weighted by Crippen LogP contribution is 2.00. The summed E-state index contributed by atoms with van der Waals surface area (Å²) in [6.45, 7) is 5.02. The largest absolute Gasteiger partial charge is 0.480 e. The van der Waals surface area contributed by atoms with Gasteiger partial charge in [-0.05, 0) is 6.92 Å². The van der Waals surface area contributed by atoms with Crippen molar-refractivity contribution >= 4 is 17.8 Å². The summed E-state index contributed by atoms with van der Waals surface area (Å²) < 4.78 is 5.16. The van der Waals surface area contributed by atoms with E-state index in [0.717, 1.165) is 0 Å². The second-order valence-electron chi connectivity index (χ2n) is 4.66. The average molecular weight is 287 g/mol. The summed E-state index contributed by atoms with van der Waals surface area (Å²) in [6, 6.07) is -1.56. The molecule has 1 fully saturated rings. The van der Waals surface area contributed by atoms with Crippen molar-refractivity contribution < 1.29 is 24.2 Å². The Morgan fingerprint density at radius 1 is 1.30 bits per heavy atom. The molecule has 0 aromatic rings. The van der Waals surface area contributed by atoms with Gasteiger partial charge in [-0.2, -0.15) is 0 Å². The average Bonchev–Trinajstić information content (AvgIpc) is 2.42. The molecule has 20 heavy (non-hydrogen) atoms. The van der Waals surface area contributed by atoms with Crippen LogP contribution in [-0.2, 0) is 19.1 Å². The van der Waals surface area contributed by atoms with E-state index in [1.807, 2.05) is 0 Å². The van der Waals surface area contributed by atoms with Gasteiger partial charge in [0.2, 0.25) is 11.8 Å². The lowest BCUT2D eigenvalue weighted by molar-refractivity contribution is -0.142. The first-order valence-corrected chi connectivity index (χ1v) is 6.51. The van der Waals surface area contributed by atoms with Crippen LogP contribution in [0.1, 0.15) is 13.8 Å². The van der Waals surface area contributed by atoms with Gasteiger partial charge in [-0.1, -0.05) is 0 Å². The number of hydrogen-bond acceptors (Lipinski definition) is 5. The van der Waals surface area contributed by atoms with E-state index in [4.69, 9.17) is 9.84 Å². The minimum absolute atomic E-state index is 0.00778. The van der Waals surface area contributed by atoms with Crippen molar-refractivity contribution in [2.45, 2.75) is 25.9 Å². The molecule has 0 radical (unpaired) electrons. The molecule has 0 saturated carbocycles. The molecule has 3 N–H and O–H groups in total. The Hall–Kier alpha value is -1.67. The molecular weight excluding hydrogens is 266 g/mol. The Morgan fingerprint density at radius 3 is 2.40 bits per heavy atom. The van der Waals surface area contributed by atoms with Crippen LogP contribution in [0.15, 0.2) is 0 Å². The Bertz CT molecular complexity index is 368. The van der Waals surface area contributed by atoms with E-state index in [1.165, 1.54) is 6.92 Å². The van der Waals surface area contributed by atoms with Crippen LogP contribution in [0.2, 0.25) is 0 Å². The van der Waals surface area contributed by atoms with Gasteiger partial charge < -0.3 is 25.4 Å². The summed E-state index contributed by atoms with van der Waals surface area (Å²) in [4.78, 5) is 35.6. The molecule has 1 aliphatic rings. The molecular formula is C12H21N3O5. The molecule has 1 saturated heterocycles. The summed E-state index contributed by atoms with van der Waals surface area (Å²) in [6.07, 6.45) is 0. The van der Waals surface area contributed by atoms with E-state index >= 15 is 0 Å². The first-order chi connectivity index (χ1) is 9.41. The lowest BCUT2D eigenvalue weighted by Gasteiger charge is -2.30. The number of amides is 2. The van der Waals surface area contributed by atoms with Crippen LogP contribution in [0.5, 0.6) is 0 Å². The number of carboxylic acid groups (broad SMARTS) is 1.